The molecule has 6 nitrogen and oxygen atoms in total. The monoisotopic (exact) mass is 387 g/mol. The van der Waals surface area contributed by atoms with Gasteiger partial charge in [-0.3, -0.25) is 10.2 Å². The van der Waals surface area contributed by atoms with Gasteiger partial charge >= 0.3 is 6.09 Å². The number of nitrogens with one attached hydrogen (secondary N) is 1. The predicted molar refractivity (Wildman–Crippen MR) is 108 cm³/mol. The third-order valence-corrected chi connectivity index (χ3v) is 4.74. The lowest BCUT2D eigenvalue weighted by Crippen LogP contribution is -2.46. The Morgan fingerprint density at radius 1 is 1.04 bits per heavy atom. The molecule has 0 aliphatic carbocycles. The van der Waals surface area contributed by atoms with Gasteiger partial charge in [0.15, 0.2) is 0 Å². The van der Waals surface area contributed by atoms with Gasteiger partial charge in [-0.05, 0) is 55.0 Å². The van der Waals surface area contributed by atoms with Gasteiger partial charge in [-0.25, -0.2) is 9.18 Å². The summed E-state index contributed by atoms with van der Waals surface area (Å²) in [6.07, 6.45) is 0.451. The number of ether oxygens (including phenoxy) is 2. The van der Waals surface area contributed by atoms with Gasteiger partial charge in [0, 0.05) is 44.1 Å². The molecule has 1 aliphatic rings. The molecular formula is C21H26FN3O3. The summed E-state index contributed by atoms with van der Waals surface area (Å²) in [6, 6.07) is 13.9. The van der Waals surface area contributed by atoms with E-state index in [2.05, 4.69) is 19.9 Å². The molecule has 2 aromatic carbocycles. The smallest absolute Gasteiger partial charge is 0.411 e. The molecule has 1 heterocycles. The van der Waals surface area contributed by atoms with Gasteiger partial charge in [0.2, 0.25) is 0 Å². The number of nitrogens with zero attached hydrogens (tertiary/aromatic N) is 2. The minimum atomic E-state index is -0.492. The standard InChI is InChI=1S/C21H26FN3O3/c1-27-21(26)23-18-5-9-20(10-6-18)28-16-2-11-24-12-14-25(15-13-24)19-7-3-17(22)4-8-19/h3-10H,2,11-16H2,1H3,(H,23,26). The van der Waals surface area contributed by atoms with Crippen molar-refractivity contribution in [2.24, 2.45) is 0 Å². The van der Waals surface area contributed by atoms with Crippen molar-refractivity contribution >= 4 is 17.5 Å². The lowest BCUT2D eigenvalue weighted by atomic mass is 10.2. The lowest BCUT2D eigenvalue weighted by Gasteiger charge is -2.36. The van der Waals surface area contributed by atoms with Crippen molar-refractivity contribution in [2.75, 3.05) is 56.7 Å². The fraction of sp³-hybridized carbons (Fsp3) is 0.381. The third kappa shape index (κ3) is 5.85. The van der Waals surface area contributed by atoms with Crippen molar-refractivity contribution < 1.29 is 18.7 Å². The van der Waals surface area contributed by atoms with Crippen LogP contribution in [0.3, 0.4) is 0 Å². The van der Waals surface area contributed by atoms with Crippen molar-refractivity contribution in [3.05, 3.63) is 54.3 Å². The number of rotatable bonds is 7. The normalized spacial score (nSPS) is 14.6. The molecule has 0 unspecified atom stereocenters. The second-order valence-corrected chi connectivity index (χ2v) is 6.65. The number of methoxy groups -OCH3 is 1. The van der Waals surface area contributed by atoms with E-state index < -0.39 is 6.09 Å². The predicted octanol–water partition coefficient (Wildman–Crippen LogP) is 3.60. The Bertz CT molecular complexity index is 744. The molecule has 28 heavy (non-hydrogen) atoms. The molecule has 1 fully saturated rings. The molecule has 1 aliphatic heterocycles. The minimum absolute atomic E-state index is 0.197. The second-order valence-electron chi connectivity index (χ2n) is 6.65. The number of benzene rings is 2. The molecule has 0 radical (unpaired) electrons. The van der Waals surface area contributed by atoms with Gasteiger partial charge in [-0.1, -0.05) is 0 Å². The Hall–Kier alpha value is -2.80. The van der Waals surface area contributed by atoms with Gasteiger partial charge in [-0.2, -0.15) is 0 Å². The van der Waals surface area contributed by atoms with Gasteiger partial charge in [0.1, 0.15) is 11.6 Å². The van der Waals surface area contributed by atoms with Crippen LogP contribution in [0.4, 0.5) is 20.6 Å². The zero-order valence-electron chi connectivity index (χ0n) is 16.1. The van der Waals surface area contributed by atoms with E-state index in [9.17, 15) is 9.18 Å². The summed E-state index contributed by atoms with van der Waals surface area (Å²) >= 11 is 0. The summed E-state index contributed by atoms with van der Waals surface area (Å²) in [5.74, 6) is 0.577. The molecule has 1 saturated heterocycles. The molecule has 150 valence electrons. The topological polar surface area (TPSA) is 54.0 Å². The first-order chi connectivity index (χ1) is 13.6. The van der Waals surface area contributed by atoms with Crippen molar-refractivity contribution in [1.29, 1.82) is 0 Å². The van der Waals surface area contributed by atoms with E-state index in [0.717, 1.165) is 50.6 Å². The number of carbonyl (C=O) groups is 1. The minimum Gasteiger partial charge on any atom is -0.494 e. The number of piperazine rings is 1. The highest BCUT2D eigenvalue weighted by atomic mass is 19.1. The molecule has 0 saturated carbocycles. The molecule has 0 bridgehead atoms. The maximum Gasteiger partial charge on any atom is 0.411 e. The summed E-state index contributed by atoms with van der Waals surface area (Å²) in [5.41, 5.74) is 1.74. The summed E-state index contributed by atoms with van der Waals surface area (Å²) in [5, 5.41) is 2.60. The highest BCUT2D eigenvalue weighted by Crippen LogP contribution is 2.18. The summed E-state index contributed by atoms with van der Waals surface area (Å²) in [4.78, 5) is 15.9. The summed E-state index contributed by atoms with van der Waals surface area (Å²) in [7, 11) is 1.33. The summed E-state index contributed by atoms with van der Waals surface area (Å²) < 4.78 is 23.4. The maximum atomic E-state index is 13.0. The molecule has 1 amide bonds. The average molecular weight is 387 g/mol. The Morgan fingerprint density at radius 2 is 1.71 bits per heavy atom. The van der Waals surface area contributed by atoms with Crippen LogP contribution in [0.2, 0.25) is 0 Å². The van der Waals surface area contributed by atoms with Gasteiger partial charge in [0.05, 0.1) is 13.7 Å². The number of carbonyl (C=O) groups excluding carboxylic acids is 1. The molecule has 3 rings (SSSR count). The maximum absolute atomic E-state index is 13.0. The zero-order valence-corrected chi connectivity index (χ0v) is 16.1. The van der Waals surface area contributed by atoms with Crippen LogP contribution in [-0.2, 0) is 4.74 Å². The lowest BCUT2D eigenvalue weighted by molar-refractivity contribution is 0.187. The molecule has 2 aromatic rings. The molecular weight excluding hydrogens is 361 g/mol. The van der Waals surface area contributed by atoms with E-state index in [4.69, 9.17) is 4.74 Å². The molecule has 7 heteroatoms. The first-order valence-corrected chi connectivity index (χ1v) is 9.45. The number of hydrogen-bond donors (Lipinski definition) is 1. The molecule has 0 aromatic heterocycles. The number of hydrogen-bond acceptors (Lipinski definition) is 5. The quantitative estimate of drug-likeness (QED) is 0.736. The van der Waals surface area contributed by atoms with Crippen LogP contribution >= 0.6 is 0 Å². The Morgan fingerprint density at radius 3 is 2.36 bits per heavy atom. The number of amides is 1. The Balaban J connectivity index is 1.33. The molecule has 0 spiro atoms. The van der Waals surface area contributed by atoms with E-state index in [0.29, 0.717) is 12.3 Å². The van der Waals surface area contributed by atoms with E-state index >= 15 is 0 Å². The van der Waals surface area contributed by atoms with Gasteiger partial charge in [0.25, 0.3) is 0 Å². The fourth-order valence-electron chi connectivity index (χ4n) is 3.16. The number of halogens is 1. The summed E-state index contributed by atoms with van der Waals surface area (Å²) in [6.45, 7) is 5.50. The Labute approximate surface area is 164 Å². The van der Waals surface area contributed by atoms with E-state index in [1.807, 2.05) is 24.3 Å². The Kier molecular flexibility index (Phi) is 7.08. The van der Waals surface area contributed by atoms with Gasteiger partial charge in [-0.15, -0.1) is 0 Å². The van der Waals surface area contributed by atoms with Gasteiger partial charge < -0.3 is 14.4 Å². The average Bonchev–Trinajstić information content (AvgIpc) is 2.73. The molecule has 1 N–H and O–H groups in total. The SMILES string of the molecule is COC(=O)Nc1ccc(OCCCN2CCN(c3ccc(F)cc3)CC2)cc1. The van der Waals surface area contributed by atoms with Crippen LogP contribution in [0.1, 0.15) is 6.42 Å². The third-order valence-electron chi connectivity index (χ3n) is 4.74. The van der Waals surface area contributed by atoms with Crippen molar-refractivity contribution in [2.45, 2.75) is 6.42 Å². The van der Waals surface area contributed by atoms with Crippen LogP contribution < -0.4 is 15.0 Å². The highest BCUT2D eigenvalue weighted by Gasteiger charge is 2.16. The second kappa shape index (κ2) is 9.94. The first kappa shape index (κ1) is 19.9. The van der Waals surface area contributed by atoms with Crippen molar-refractivity contribution in [1.82, 2.24) is 4.90 Å². The first-order valence-electron chi connectivity index (χ1n) is 9.45. The van der Waals surface area contributed by atoms with Crippen LogP contribution in [-0.4, -0.2) is 57.4 Å². The van der Waals surface area contributed by atoms with E-state index in [1.165, 1.54) is 19.2 Å². The fourth-order valence-corrected chi connectivity index (χ4v) is 3.16. The largest absolute Gasteiger partial charge is 0.494 e. The van der Waals surface area contributed by atoms with Crippen LogP contribution in [0.25, 0.3) is 0 Å². The van der Waals surface area contributed by atoms with Crippen LogP contribution in [0.5, 0.6) is 5.75 Å². The van der Waals surface area contributed by atoms with Crippen LogP contribution in [0.15, 0.2) is 48.5 Å². The van der Waals surface area contributed by atoms with Crippen molar-refractivity contribution in [3.8, 4) is 5.75 Å². The van der Waals surface area contributed by atoms with E-state index in [1.54, 1.807) is 12.1 Å². The molecule has 0 atom stereocenters. The van der Waals surface area contributed by atoms with E-state index in [-0.39, 0.29) is 5.82 Å². The number of anilines is 2. The van der Waals surface area contributed by atoms with Crippen molar-refractivity contribution in [3.63, 3.8) is 0 Å². The highest BCUT2D eigenvalue weighted by molar-refractivity contribution is 5.84. The van der Waals surface area contributed by atoms with Crippen LogP contribution in [0, 0.1) is 5.82 Å². The zero-order chi connectivity index (χ0) is 19.8.